The molecular formula is C16H27NO2. The number of rotatable bonds is 10. The number of hydrogen-bond acceptors (Lipinski definition) is 3. The van der Waals surface area contributed by atoms with Gasteiger partial charge in [0.05, 0.1) is 6.61 Å². The van der Waals surface area contributed by atoms with Crippen LogP contribution in [-0.4, -0.2) is 32.9 Å². The van der Waals surface area contributed by atoms with Crippen molar-refractivity contribution in [1.29, 1.82) is 0 Å². The van der Waals surface area contributed by atoms with Crippen LogP contribution in [0.5, 0.6) is 5.75 Å². The molecule has 1 N–H and O–H groups in total. The highest BCUT2D eigenvalue weighted by molar-refractivity contribution is 5.27. The molecule has 0 aromatic heterocycles. The van der Waals surface area contributed by atoms with Crippen LogP contribution in [0.3, 0.4) is 0 Å². The van der Waals surface area contributed by atoms with Crippen LogP contribution in [0.4, 0.5) is 0 Å². The van der Waals surface area contributed by atoms with Crippen molar-refractivity contribution < 1.29 is 9.47 Å². The van der Waals surface area contributed by atoms with E-state index in [1.165, 1.54) is 12.0 Å². The molecule has 1 aromatic rings. The van der Waals surface area contributed by atoms with Crippen molar-refractivity contribution >= 4 is 0 Å². The normalized spacial score (nSPS) is 12.4. The van der Waals surface area contributed by atoms with Crippen LogP contribution in [0.2, 0.25) is 0 Å². The van der Waals surface area contributed by atoms with Crippen LogP contribution in [0.25, 0.3) is 0 Å². The average molecular weight is 265 g/mol. The van der Waals surface area contributed by atoms with E-state index in [-0.39, 0.29) is 0 Å². The second-order valence-corrected chi connectivity index (χ2v) is 4.85. The molecule has 0 bridgehead atoms. The molecule has 3 nitrogen and oxygen atoms in total. The first-order valence-electron chi connectivity index (χ1n) is 7.23. The lowest BCUT2D eigenvalue weighted by Crippen LogP contribution is -2.23. The fourth-order valence-electron chi connectivity index (χ4n) is 1.74. The Morgan fingerprint density at radius 2 is 1.84 bits per heavy atom. The summed E-state index contributed by atoms with van der Waals surface area (Å²) in [5, 5.41) is 3.24. The third kappa shape index (κ3) is 7.19. The molecular weight excluding hydrogens is 238 g/mol. The van der Waals surface area contributed by atoms with Crippen LogP contribution in [-0.2, 0) is 11.2 Å². The van der Waals surface area contributed by atoms with Crippen LogP contribution < -0.4 is 10.1 Å². The Labute approximate surface area is 117 Å². The molecule has 1 aromatic carbocycles. The van der Waals surface area contributed by atoms with E-state index in [4.69, 9.17) is 9.47 Å². The molecule has 0 heterocycles. The van der Waals surface area contributed by atoms with Gasteiger partial charge in [0.15, 0.2) is 0 Å². The van der Waals surface area contributed by atoms with Gasteiger partial charge in [-0.2, -0.15) is 0 Å². The molecule has 108 valence electrons. The second-order valence-electron chi connectivity index (χ2n) is 4.85. The predicted molar refractivity (Wildman–Crippen MR) is 79.9 cm³/mol. The minimum absolute atomic E-state index is 0.499. The van der Waals surface area contributed by atoms with E-state index in [0.717, 1.165) is 25.2 Å². The summed E-state index contributed by atoms with van der Waals surface area (Å²) >= 11 is 0. The van der Waals surface area contributed by atoms with Gasteiger partial charge in [-0.05, 0) is 44.5 Å². The number of hydrogen-bond donors (Lipinski definition) is 1. The van der Waals surface area contributed by atoms with Crippen LogP contribution in [0.15, 0.2) is 24.3 Å². The second kappa shape index (κ2) is 9.82. The molecule has 0 fully saturated rings. The lowest BCUT2D eigenvalue weighted by molar-refractivity contribution is 0.0980. The average Bonchev–Trinajstić information content (AvgIpc) is 2.44. The zero-order chi connectivity index (χ0) is 13.9. The molecule has 1 atom stereocenters. The van der Waals surface area contributed by atoms with Gasteiger partial charge < -0.3 is 14.8 Å². The topological polar surface area (TPSA) is 30.5 Å². The summed E-state index contributed by atoms with van der Waals surface area (Å²) in [7, 11) is 1.99. The smallest absolute Gasteiger partial charge is 0.119 e. The molecule has 0 aliphatic carbocycles. The van der Waals surface area contributed by atoms with Crippen molar-refractivity contribution in [3.8, 4) is 5.75 Å². The first-order chi connectivity index (χ1) is 9.26. The number of nitrogens with one attached hydrogen (secondary N) is 1. The summed E-state index contributed by atoms with van der Waals surface area (Å²) in [6, 6.07) is 8.81. The van der Waals surface area contributed by atoms with Crippen LogP contribution >= 0.6 is 0 Å². The van der Waals surface area contributed by atoms with Crippen LogP contribution in [0.1, 0.15) is 32.3 Å². The van der Waals surface area contributed by atoms with Gasteiger partial charge in [0.2, 0.25) is 0 Å². The molecule has 0 spiro atoms. The van der Waals surface area contributed by atoms with Gasteiger partial charge in [-0.25, -0.2) is 0 Å². The summed E-state index contributed by atoms with van der Waals surface area (Å²) in [4.78, 5) is 0. The van der Waals surface area contributed by atoms with E-state index in [1.54, 1.807) is 0 Å². The summed E-state index contributed by atoms with van der Waals surface area (Å²) in [6.07, 6.45) is 3.34. The molecule has 0 saturated carbocycles. The lowest BCUT2D eigenvalue weighted by Gasteiger charge is -2.11. The molecule has 0 aliphatic rings. The zero-order valence-electron chi connectivity index (χ0n) is 12.4. The summed E-state index contributed by atoms with van der Waals surface area (Å²) in [5.74, 6) is 0.917. The maximum Gasteiger partial charge on any atom is 0.119 e. The highest BCUT2D eigenvalue weighted by atomic mass is 16.5. The SMILES string of the molecule is CCCCOCCOc1ccc(CC(C)NC)cc1. The van der Waals surface area contributed by atoms with Gasteiger partial charge in [0, 0.05) is 12.6 Å². The van der Waals surface area contributed by atoms with Crippen molar-refractivity contribution in [3.63, 3.8) is 0 Å². The minimum atomic E-state index is 0.499. The number of ether oxygens (including phenoxy) is 2. The first-order valence-corrected chi connectivity index (χ1v) is 7.23. The van der Waals surface area contributed by atoms with E-state index >= 15 is 0 Å². The zero-order valence-corrected chi connectivity index (χ0v) is 12.4. The highest BCUT2D eigenvalue weighted by Crippen LogP contribution is 2.13. The Bertz CT molecular complexity index is 324. The van der Waals surface area contributed by atoms with Gasteiger partial charge in [-0.1, -0.05) is 25.5 Å². The minimum Gasteiger partial charge on any atom is -0.491 e. The van der Waals surface area contributed by atoms with E-state index in [1.807, 2.05) is 19.2 Å². The largest absolute Gasteiger partial charge is 0.491 e. The lowest BCUT2D eigenvalue weighted by atomic mass is 10.1. The molecule has 3 heteroatoms. The molecule has 0 aliphatic heterocycles. The summed E-state index contributed by atoms with van der Waals surface area (Å²) in [6.45, 7) is 6.46. The van der Waals surface area contributed by atoms with Gasteiger partial charge in [0.25, 0.3) is 0 Å². The Balaban J connectivity index is 2.21. The summed E-state index contributed by atoms with van der Waals surface area (Å²) in [5.41, 5.74) is 1.33. The van der Waals surface area contributed by atoms with Gasteiger partial charge in [-0.15, -0.1) is 0 Å². The quantitative estimate of drug-likeness (QED) is 0.660. The molecule has 0 saturated heterocycles. The Hall–Kier alpha value is -1.06. The van der Waals surface area contributed by atoms with Gasteiger partial charge in [0.1, 0.15) is 12.4 Å². The molecule has 1 rings (SSSR count). The van der Waals surface area contributed by atoms with Crippen molar-refractivity contribution in [1.82, 2.24) is 5.32 Å². The van der Waals surface area contributed by atoms with E-state index in [9.17, 15) is 0 Å². The van der Waals surface area contributed by atoms with Gasteiger partial charge in [-0.3, -0.25) is 0 Å². The fraction of sp³-hybridized carbons (Fsp3) is 0.625. The van der Waals surface area contributed by atoms with Crippen molar-refractivity contribution in [2.24, 2.45) is 0 Å². The van der Waals surface area contributed by atoms with Crippen LogP contribution in [0, 0.1) is 0 Å². The first kappa shape index (κ1) is 16.0. The van der Waals surface area contributed by atoms with E-state index in [2.05, 4.69) is 31.3 Å². The van der Waals surface area contributed by atoms with Crippen molar-refractivity contribution in [2.45, 2.75) is 39.2 Å². The Morgan fingerprint density at radius 3 is 2.47 bits per heavy atom. The highest BCUT2D eigenvalue weighted by Gasteiger charge is 2.01. The van der Waals surface area contributed by atoms with Gasteiger partial charge >= 0.3 is 0 Å². The maximum atomic E-state index is 5.63. The molecule has 19 heavy (non-hydrogen) atoms. The molecule has 1 unspecified atom stereocenters. The number of benzene rings is 1. The fourth-order valence-corrected chi connectivity index (χ4v) is 1.74. The number of likely N-dealkylation sites (N-methyl/N-ethyl adjacent to an activating group) is 1. The molecule has 0 radical (unpaired) electrons. The summed E-state index contributed by atoms with van der Waals surface area (Å²) < 4.78 is 11.1. The maximum absolute atomic E-state index is 5.63. The molecule has 0 amide bonds. The van der Waals surface area contributed by atoms with Crippen molar-refractivity contribution in [3.05, 3.63) is 29.8 Å². The van der Waals surface area contributed by atoms with Crippen molar-refractivity contribution in [2.75, 3.05) is 26.9 Å². The Kier molecular flexibility index (Phi) is 8.26. The van der Waals surface area contributed by atoms with E-state index in [0.29, 0.717) is 19.3 Å². The third-order valence-electron chi connectivity index (χ3n) is 3.10. The third-order valence-corrected chi connectivity index (χ3v) is 3.10. The van der Waals surface area contributed by atoms with E-state index < -0.39 is 0 Å². The Morgan fingerprint density at radius 1 is 1.11 bits per heavy atom. The number of unbranched alkanes of at least 4 members (excludes halogenated alkanes) is 1. The standard InChI is InChI=1S/C16H27NO2/c1-4-5-10-18-11-12-19-16-8-6-15(7-9-16)13-14(2)17-3/h6-9,14,17H,4-5,10-13H2,1-3H3. The predicted octanol–water partition coefficient (Wildman–Crippen LogP) is 3.03. The monoisotopic (exact) mass is 265 g/mol.